The molecular weight excluding hydrogens is 408 g/mol. The predicted octanol–water partition coefficient (Wildman–Crippen LogP) is 4.89. The molecule has 2 atom stereocenters. The first-order valence-corrected chi connectivity index (χ1v) is 11.7. The van der Waals surface area contributed by atoms with E-state index >= 15 is 0 Å². The van der Waals surface area contributed by atoms with E-state index in [-0.39, 0.29) is 11.3 Å². The quantitative estimate of drug-likeness (QED) is 0.573. The first-order chi connectivity index (χ1) is 14.9. The molecule has 0 saturated carbocycles. The van der Waals surface area contributed by atoms with Gasteiger partial charge in [0.05, 0.1) is 5.69 Å². The van der Waals surface area contributed by atoms with Crippen molar-refractivity contribution in [1.82, 2.24) is 15.5 Å². The van der Waals surface area contributed by atoms with E-state index in [1.807, 2.05) is 11.4 Å². The zero-order valence-electron chi connectivity index (χ0n) is 18.4. The lowest BCUT2D eigenvalue weighted by Crippen LogP contribution is -2.39. The summed E-state index contributed by atoms with van der Waals surface area (Å²) in [5.74, 6) is 1.48. The van der Waals surface area contributed by atoms with Gasteiger partial charge in [-0.25, -0.2) is 4.98 Å². The lowest BCUT2D eigenvalue weighted by molar-refractivity contribution is -0.117. The van der Waals surface area contributed by atoms with Gasteiger partial charge in [0.25, 0.3) is 0 Å². The molecule has 1 amide bonds. The molecule has 31 heavy (non-hydrogen) atoms. The standard InChI is InChI=1S/C24H30N4O2S/c1-24(2,3)19-6-4-16(5-7-19)21-14-20(28-30-21)12-18-15-25-9-8-17(18)13-22(29)27-23-26-10-11-31-23/h4-7,10-11,14,17-18,25H,8-9,12-13,15H2,1-3H3,(H,26,27,29). The highest BCUT2D eigenvalue weighted by Crippen LogP contribution is 2.30. The molecule has 1 aromatic carbocycles. The van der Waals surface area contributed by atoms with E-state index in [0.29, 0.717) is 23.4 Å². The van der Waals surface area contributed by atoms with Crippen LogP contribution in [0.4, 0.5) is 5.13 Å². The molecular formula is C24H30N4O2S. The van der Waals surface area contributed by atoms with Crippen LogP contribution in [-0.2, 0) is 16.6 Å². The Morgan fingerprint density at radius 1 is 1.26 bits per heavy atom. The van der Waals surface area contributed by atoms with Crippen molar-refractivity contribution in [2.45, 2.75) is 45.4 Å². The minimum Gasteiger partial charge on any atom is -0.356 e. The second-order valence-electron chi connectivity index (χ2n) is 9.32. The van der Waals surface area contributed by atoms with E-state index in [9.17, 15) is 4.79 Å². The summed E-state index contributed by atoms with van der Waals surface area (Å²) in [5, 5.41) is 13.2. The molecule has 0 bridgehead atoms. The number of piperidine rings is 1. The van der Waals surface area contributed by atoms with E-state index in [0.717, 1.165) is 42.9 Å². The van der Waals surface area contributed by atoms with Gasteiger partial charge in [-0.05, 0) is 48.7 Å². The smallest absolute Gasteiger partial charge is 0.226 e. The van der Waals surface area contributed by atoms with Crippen LogP contribution in [0.1, 0.15) is 44.9 Å². The fourth-order valence-electron chi connectivity index (χ4n) is 4.13. The number of nitrogens with one attached hydrogen (secondary N) is 2. The molecule has 0 spiro atoms. The van der Waals surface area contributed by atoms with Crippen molar-refractivity contribution in [2.75, 3.05) is 18.4 Å². The predicted molar refractivity (Wildman–Crippen MR) is 124 cm³/mol. The molecule has 0 aliphatic carbocycles. The van der Waals surface area contributed by atoms with Crippen LogP contribution in [-0.4, -0.2) is 29.1 Å². The van der Waals surface area contributed by atoms with Gasteiger partial charge in [-0.1, -0.05) is 50.2 Å². The number of benzene rings is 1. The number of aromatic nitrogens is 2. The Hall–Kier alpha value is -2.51. The Balaban J connectivity index is 1.39. The molecule has 164 valence electrons. The summed E-state index contributed by atoms with van der Waals surface area (Å²) < 4.78 is 5.65. The fraction of sp³-hybridized carbons (Fsp3) is 0.458. The molecule has 1 aliphatic rings. The van der Waals surface area contributed by atoms with Gasteiger partial charge < -0.3 is 15.2 Å². The maximum atomic E-state index is 12.5. The molecule has 1 saturated heterocycles. The SMILES string of the molecule is CC(C)(C)c1ccc(-c2cc(CC3CNCCC3CC(=O)Nc3nccs3)no2)cc1. The summed E-state index contributed by atoms with van der Waals surface area (Å²) in [6.45, 7) is 8.45. The van der Waals surface area contributed by atoms with Crippen molar-refractivity contribution in [3.05, 3.63) is 53.2 Å². The van der Waals surface area contributed by atoms with Gasteiger partial charge in [-0.2, -0.15) is 0 Å². The maximum Gasteiger partial charge on any atom is 0.226 e. The third kappa shape index (κ3) is 5.60. The number of carbonyl (C=O) groups is 1. The molecule has 1 aliphatic heterocycles. The number of carbonyl (C=O) groups excluding carboxylic acids is 1. The van der Waals surface area contributed by atoms with Crippen LogP contribution >= 0.6 is 11.3 Å². The van der Waals surface area contributed by atoms with Crippen molar-refractivity contribution in [2.24, 2.45) is 11.8 Å². The second kappa shape index (κ2) is 9.32. The maximum absolute atomic E-state index is 12.5. The van der Waals surface area contributed by atoms with Crippen LogP contribution in [0.2, 0.25) is 0 Å². The van der Waals surface area contributed by atoms with Crippen molar-refractivity contribution in [3.63, 3.8) is 0 Å². The van der Waals surface area contributed by atoms with Gasteiger partial charge in [-0.15, -0.1) is 11.3 Å². The number of rotatable bonds is 6. The molecule has 7 heteroatoms. The Morgan fingerprint density at radius 3 is 2.77 bits per heavy atom. The molecule has 1 fully saturated rings. The number of thiazole rings is 1. The van der Waals surface area contributed by atoms with E-state index in [1.54, 1.807) is 6.20 Å². The van der Waals surface area contributed by atoms with Gasteiger partial charge >= 0.3 is 0 Å². The van der Waals surface area contributed by atoms with Crippen LogP contribution in [0.15, 0.2) is 46.4 Å². The second-order valence-corrected chi connectivity index (χ2v) is 10.2. The molecule has 6 nitrogen and oxygen atoms in total. The summed E-state index contributed by atoms with van der Waals surface area (Å²) in [6, 6.07) is 10.5. The van der Waals surface area contributed by atoms with Crippen LogP contribution in [0.25, 0.3) is 11.3 Å². The monoisotopic (exact) mass is 438 g/mol. The van der Waals surface area contributed by atoms with Gasteiger partial charge in [0.1, 0.15) is 0 Å². The van der Waals surface area contributed by atoms with Gasteiger partial charge in [0, 0.05) is 29.6 Å². The number of hydrogen-bond acceptors (Lipinski definition) is 6. The van der Waals surface area contributed by atoms with Crippen LogP contribution in [0, 0.1) is 11.8 Å². The van der Waals surface area contributed by atoms with Gasteiger partial charge in [-0.3, -0.25) is 4.79 Å². The summed E-state index contributed by atoms with van der Waals surface area (Å²) in [7, 11) is 0. The third-order valence-corrected chi connectivity index (χ3v) is 6.65. The van der Waals surface area contributed by atoms with Crippen molar-refractivity contribution in [3.8, 4) is 11.3 Å². The molecule has 2 N–H and O–H groups in total. The Labute approximate surface area is 187 Å². The Bertz CT molecular complexity index is 990. The van der Waals surface area contributed by atoms with Crippen LogP contribution in [0.5, 0.6) is 0 Å². The third-order valence-electron chi connectivity index (χ3n) is 5.96. The molecule has 3 heterocycles. The van der Waals surface area contributed by atoms with E-state index < -0.39 is 0 Å². The first-order valence-electron chi connectivity index (χ1n) is 10.8. The van der Waals surface area contributed by atoms with E-state index in [4.69, 9.17) is 4.52 Å². The molecule has 0 radical (unpaired) electrons. The lowest BCUT2D eigenvalue weighted by atomic mass is 9.81. The summed E-state index contributed by atoms with van der Waals surface area (Å²) in [5.41, 5.74) is 3.39. The average Bonchev–Trinajstić information content (AvgIpc) is 3.41. The Morgan fingerprint density at radius 2 is 2.06 bits per heavy atom. The summed E-state index contributed by atoms with van der Waals surface area (Å²) in [4.78, 5) is 16.6. The van der Waals surface area contributed by atoms with Crippen molar-refractivity contribution in [1.29, 1.82) is 0 Å². The Kier molecular flexibility index (Phi) is 6.53. The fourth-order valence-corrected chi connectivity index (χ4v) is 4.67. The summed E-state index contributed by atoms with van der Waals surface area (Å²) in [6.07, 6.45) is 3.98. The highest BCUT2D eigenvalue weighted by Gasteiger charge is 2.28. The van der Waals surface area contributed by atoms with Crippen LogP contribution < -0.4 is 10.6 Å². The zero-order chi connectivity index (χ0) is 21.8. The average molecular weight is 439 g/mol. The zero-order valence-corrected chi connectivity index (χ0v) is 19.2. The minimum atomic E-state index is 0.0339. The van der Waals surface area contributed by atoms with Crippen LogP contribution in [0.3, 0.4) is 0 Å². The van der Waals surface area contributed by atoms with Crippen molar-refractivity contribution >= 4 is 22.4 Å². The summed E-state index contributed by atoms with van der Waals surface area (Å²) >= 11 is 1.44. The number of hydrogen-bond donors (Lipinski definition) is 2. The molecule has 2 aromatic heterocycles. The highest BCUT2D eigenvalue weighted by molar-refractivity contribution is 7.13. The molecule has 4 rings (SSSR count). The highest BCUT2D eigenvalue weighted by atomic mass is 32.1. The number of amides is 1. The minimum absolute atomic E-state index is 0.0339. The van der Waals surface area contributed by atoms with E-state index in [1.165, 1.54) is 16.9 Å². The van der Waals surface area contributed by atoms with E-state index in [2.05, 4.69) is 65.8 Å². The van der Waals surface area contributed by atoms with Gasteiger partial charge in [0.2, 0.25) is 5.91 Å². The van der Waals surface area contributed by atoms with Gasteiger partial charge in [0.15, 0.2) is 10.9 Å². The first kappa shape index (κ1) is 21.7. The largest absolute Gasteiger partial charge is 0.356 e. The lowest BCUT2D eigenvalue weighted by Gasteiger charge is -2.31. The number of anilines is 1. The van der Waals surface area contributed by atoms with Crippen molar-refractivity contribution < 1.29 is 9.32 Å². The molecule has 2 unspecified atom stereocenters. The topological polar surface area (TPSA) is 80.0 Å². The molecule has 3 aromatic rings. The normalized spacial score (nSPS) is 19.3. The number of nitrogens with zero attached hydrogens (tertiary/aromatic N) is 2.